The first-order valence-corrected chi connectivity index (χ1v) is 12.6. The molecule has 0 spiro atoms. The number of likely N-dealkylation sites (tertiary alicyclic amines) is 1. The number of hydrogen-bond acceptors (Lipinski definition) is 1. The van der Waals surface area contributed by atoms with Gasteiger partial charge >= 0.3 is 0 Å². The summed E-state index contributed by atoms with van der Waals surface area (Å²) in [5.74, 6) is 0.619. The summed E-state index contributed by atoms with van der Waals surface area (Å²) in [5, 5.41) is 2.70. The summed E-state index contributed by atoms with van der Waals surface area (Å²) in [6.07, 6.45) is 3.99. The fraction of sp³-hybridized carbons (Fsp3) is 0.379. The van der Waals surface area contributed by atoms with Crippen LogP contribution in [0.15, 0.2) is 49.1 Å². The van der Waals surface area contributed by atoms with Crippen LogP contribution >= 0.6 is 23.2 Å². The molecular formula is C29H34Cl2N2. The first-order valence-electron chi connectivity index (χ1n) is 11.9. The van der Waals surface area contributed by atoms with Crippen molar-refractivity contribution in [1.82, 2.24) is 9.47 Å². The van der Waals surface area contributed by atoms with E-state index in [1.165, 1.54) is 33.3 Å². The zero-order valence-electron chi connectivity index (χ0n) is 20.3. The van der Waals surface area contributed by atoms with Crippen molar-refractivity contribution in [2.45, 2.75) is 46.5 Å². The molecule has 0 amide bonds. The van der Waals surface area contributed by atoms with E-state index in [1.807, 2.05) is 12.1 Å². The van der Waals surface area contributed by atoms with Crippen molar-refractivity contribution in [3.05, 3.63) is 87.1 Å². The Morgan fingerprint density at radius 2 is 1.76 bits per heavy atom. The van der Waals surface area contributed by atoms with E-state index in [1.54, 1.807) is 0 Å². The molecule has 33 heavy (non-hydrogen) atoms. The molecule has 1 saturated heterocycles. The molecule has 2 heterocycles. The second-order valence-corrected chi connectivity index (χ2v) is 10.3. The lowest BCUT2D eigenvalue weighted by Crippen LogP contribution is -2.32. The average Bonchev–Trinajstić information content (AvgIpc) is 3.11. The molecule has 0 bridgehead atoms. The van der Waals surface area contributed by atoms with Gasteiger partial charge in [0.15, 0.2) is 0 Å². The Hall–Kier alpha value is -2.16. The Morgan fingerprint density at radius 1 is 1.06 bits per heavy atom. The van der Waals surface area contributed by atoms with Crippen LogP contribution in [-0.4, -0.2) is 22.6 Å². The first-order chi connectivity index (χ1) is 15.7. The highest BCUT2D eigenvalue weighted by molar-refractivity contribution is 6.37. The minimum absolute atomic E-state index is 0.619. The van der Waals surface area contributed by atoms with E-state index in [-0.39, 0.29) is 0 Å². The van der Waals surface area contributed by atoms with Gasteiger partial charge < -0.3 is 9.47 Å². The highest BCUT2D eigenvalue weighted by Crippen LogP contribution is 2.37. The van der Waals surface area contributed by atoms with Gasteiger partial charge in [-0.15, -0.1) is 0 Å². The monoisotopic (exact) mass is 480 g/mol. The summed E-state index contributed by atoms with van der Waals surface area (Å²) in [6.45, 7) is 17.2. The topological polar surface area (TPSA) is 8.17 Å². The molecule has 4 heteroatoms. The largest absolute Gasteiger partial charge is 0.371 e. The van der Waals surface area contributed by atoms with Gasteiger partial charge in [0.1, 0.15) is 0 Å². The Bertz CT molecular complexity index is 1230. The lowest BCUT2D eigenvalue weighted by molar-refractivity contribution is 0.276. The Kier molecular flexibility index (Phi) is 6.98. The van der Waals surface area contributed by atoms with Crippen LogP contribution in [0.1, 0.15) is 54.1 Å². The van der Waals surface area contributed by atoms with Crippen molar-refractivity contribution in [3.63, 3.8) is 0 Å². The second-order valence-electron chi connectivity index (χ2n) is 9.49. The number of aryl methyl sites for hydroxylation is 3. The molecule has 0 atom stereocenters. The molecule has 1 aromatic heterocycles. The Balaban J connectivity index is 1.61. The van der Waals surface area contributed by atoms with Crippen molar-refractivity contribution >= 4 is 39.8 Å². The zero-order chi connectivity index (χ0) is 23.9. The molecule has 0 unspecified atom stereocenters. The van der Waals surface area contributed by atoms with Crippen molar-refractivity contribution < 1.29 is 0 Å². The van der Waals surface area contributed by atoms with Crippen LogP contribution in [0.4, 0.5) is 0 Å². The van der Waals surface area contributed by atoms with Crippen LogP contribution in [0.25, 0.3) is 16.6 Å². The van der Waals surface area contributed by atoms with Gasteiger partial charge in [-0.05, 0) is 80.0 Å². The van der Waals surface area contributed by atoms with E-state index < -0.39 is 0 Å². The van der Waals surface area contributed by atoms with Gasteiger partial charge in [0.2, 0.25) is 0 Å². The summed E-state index contributed by atoms with van der Waals surface area (Å²) < 4.78 is 2.26. The van der Waals surface area contributed by atoms with Gasteiger partial charge in [-0.1, -0.05) is 54.9 Å². The van der Waals surface area contributed by atoms with Gasteiger partial charge in [0, 0.05) is 59.4 Å². The normalized spacial score (nSPS) is 14.8. The zero-order valence-corrected chi connectivity index (χ0v) is 21.8. The third kappa shape index (κ3) is 4.61. The predicted molar refractivity (Wildman–Crippen MR) is 144 cm³/mol. The number of benzene rings is 2. The van der Waals surface area contributed by atoms with Crippen molar-refractivity contribution in [1.29, 1.82) is 0 Å². The number of nitrogens with zero attached hydrogens (tertiary/aromatic N) is 2. The molecule has 0 N–H and O–H groups in total. The van der Waals surface area contributed by atoms with E-state index in [4.69, 9.17) is 23.2 Å². The summed E-state index contributed by atoms with van der Waals surface area (Å²) in [5.41, 5.74) is 9.31. The molecule has 1 aliphatic rings. The average molecular weight is 482 g/mol. The number of fused-ring (bicyclic) bond motifs is 1. The predicted octanol–water partition coefficient (Wildman–Crippen LogP) is 8.34. The highest BCUT2D eigenvalue weighted by atomic mass is 35.5. The fourth-order valence-electron chi connectivity index (χ4n) is 5.19. The Labute approximate surface area is 208 Å². The molecular weight excluding hydrogens is 447 g/mol. The lowest BCUT2D eigenvalue weighted by atomic mass is 9.88. The van der Waals surface area contributed by atoms with E-state index in [0.29, 0.717) is 22.4 Å². The minimum Gasteiger partial charge on any atom is -0.371 e. The minimum atomic E-state index is 0.619. The third-order valence-corrected chi connectivity index (χ3v) is 8.16. The number of rotatable bonds is 6. The molecule has 0 radical (unpaired) electrons. The maximum atomic E-state index is 6.99. The van der Waals surface area contributed by atoms with Crippen LogP contribution in [0.2, 0.25) is 10.0 Å². The quantitative estimate of drug-likeness (QED) is 0.321. The maximum absolute atomic E-state index is 6.99. The van der Waals surface area contributed by atoms with Gasteiger partial charge in [0.25, 0.3) is 0 Å². The standard InChI is InChI=1S/C29H34Cl2N2/c1-7-19(3)22-10-12-33(13-11-22)21(5)24-8-9-27(30)26(29(24)31)17-23-16-25-20(4)14-18(2)15-28(25)32(23)6/h8-9,14-16,22H,3,5,7,10-13,17H2,1-2,4,6H3. The number of allylic oxidation sites excluding steroid dienone is 1. The number of hydrogen-bond donors (Lipinski definition) is 0. The van der Waals surface area contributed by atoms with Crippen LogP contribution in [0.5, 0.6) is 0 Å². The van der Waals surface area contributed by atoms with Gasteiger partial charge in [-0.2, -0.15) is 0 Å². The molecule has 3 aromatic rings. The second kappa shape index (κ2) is 9.60. The molecule has 2 nitrogen and oxygen atoms in total. The number of piperidine rings is 1. The first kappa shape index (κ1) is 24.0. The van der Waals surface area contributed by atoms with Crippen molar-refractivity contribution in [3.8, 4) is 0 Å². The Morgan fingerprint density at radius 3 is 2.42 bits per heavy atom. The van der Waals surface area contributed by atoms with Crippen molar-refractivity contribution in [2.75, 3.05) is 13.1 Å². The fourth-order valence-corrected chi connectivity index (χ4v) is 5.80. The third-order valence-electron chi connectivity index (χ3n) is 7.38. The van der Waals surface area contributed by atoms with Gasteiger partial charge in [-0.3, -0.25) is 0 Å². The van der Waals surface area contributed by atoms with Crippen LogP contribution < -0.4 is 0 Å². The molecule has 1 fully saturated rings. The molecule has 1 aliphatic heterocycles. The van der Waals surface area contributed by atoms with Crippen LogP contribution in [-0.2, 0) is 13.5 Å². The smallest absolute Gasteiger partial charge is 0.0549 e. The molecule has 2 aromatic carbocycles. The number of aromatic nitrogens is 1. The molecule has 174 valence electrons. The van der Waals surface area contributed by atoms with E-state index in [0.717, 1.165) is 49.2 Å². The van der Waals surface area contributed by atoms with Crippen LogP contribution in [0.3, 0.4) is 0 Å². The molecule has 4 rings (SSSR count). The van der Waals surface area contributed by atoms with Gasteiger partial charge in [0.05, 0.1) is 5.02 Å². The van der Waals surface area contributed by atoms with E-state index in [2.05, 4.69) is 68.6 Å². The van der Waals surface area contributed by atoms with Crippen LogP contribution in [0, 0.1) is 19.8 Å². The van der Waals surface area contributed by atoms with Crippen molar-refractivity contribution in [2.24, 2.45) is 13.0 Å². The van der Waals surface area contributed by atoms with E-state index in [9.17, 15) is 0 Å². The van der Waals surface area contributed by atoms with E-state index >= 15 is 0 Å². The lowest BCUT2D eigenvalue weighted by Gasteiger charge is -2.36. The highest BCUT2D eigenvalue weighted by Gasteiger charge is 2.24. The molecule has 0 aliphatic carbocycles. The summed E-state index contributed by atoms with van der Waals surface area (Å²) in [6, 6.07) is 10.7. The summed E-state index contributed by atoms with van der Waals surface area (Å²) >= 11 is 13.7. The SMILES string of the molecule is C=C(CC)C1CCN(C(=C)c2ccc(Cl)c(Cc3cc4c(C)cc(C)cc4n3C)c2Cl)CC1. The number of halogens is 2. The summed E-state index contributed by atoms with van der Waals surface area (Å²) in [4.78, 5) is 2.36. The van der Waals surface area contributed by atoms with Gasteiger partial charge in [-0.25, -0.2) is 0 Å². The molecule has 0 saturated carbocycles. The maximum Gasteiger partial charge on any atom is 0.0549 e. The summed E-state index contributed by atoms with van der Waals surface area (Å²) in [7, 11) is 2.12.